The van der Waals surface area contributed by atoms with E-state index >= 15 is 0 Å². The first-order valence-electron chi connectivity index (χ1n) is 10.2. The fraction of sp³-hybridized carbons (Fsp3) is 0.391. The quantitative estimate of drug-likeness (QED) is 0.711. The van der Waals surface area contributed by atoms with Gasteiger partial charge in [0.1, 0.15) is 11.8 Å². The smallest absolute Gasteiger partial charge is 0.416 e. The lowest BCUT2D eigenvalue weighted by Gasteiger charge is -2.29. The van der Waals surface area contributed by atoms with Crippen LogP contribution in [0, 0.1) is 0 Å². The highest BCUT2D eigenvalue weighted by atomic mass is 19.4. The molecule has 1 heterocycles. The number of hydrogen-bond acceptors (Lipinski definition) is 4. The minimum atomic E-state index is -4.51. The number of benzene rings is 2. The third-order valence-electron chi connectivity index (χ3n) is 5.56. The van der Waals surface area contributed by atoms with E-state index in [-0.39, 0.29) is 18.9 Å². The molecule has 0 unspecified atom stereocenters. The molecule has 0 aromatic heterocycles. The van der Waals surface area contributed by atoms with E-state index in [1.165, 1.54) is 25.0 Å². The van der Waals surface area contributed by atoms with Crippen molar-refractivity contribution in [1.29, 1.82) is 0 Å². The van der Waals surface area contributed by atoms with Crippen molar-refractivity contribution < 1.29 is 27.5 Å². The lowest BCUT2D eigenvalue weighted by molar-refractivity contribution is -0.137. The number of nitrogens with one attached hydrogen (secondary N) is 2. The molecule has 0 bridgehead atoms. The number of likely N-dealkylation sites (N-methyl/N-ethyl adjacent to an activating group) is 1. The van der Waals surface area contributed by atoms with Crippen molar-refractivity contribution in [2.75, 3.05) is 32.1 Å². The molecule has 0 radical (unpaired) electrons. The maximum atomic E-state index is 13.6. The van der Waals surface area contributed by atoms with Gasteiger partial charge in [0.2, 0.25) is 11.8 Å². The molecule has 9 heteroatoms. The lowest BCUT2D eigenvalue weighted by Crippen LogP contribution is -2.51. The van der Waals surface area contributed by atoms with Crippen LogP contribution < -0.4 is 20.3 Å². The minimum Gasteiger partial charge on any atom is -0.497 e. The lowest BCUT2D eigenvalue weighted by atomic mass is 9.85. The van der Waals surface area contributed by atoms with Gasteiger partial charge in [0.15, 0.2) is 0 Å². The highest BCUT2D eigenvalue weighted by molar-refractivity contribution is 6.01. The Morgan fingerprint density at radius 2 is 1.88 bits per heavy atom. The molecule has 2 N–H and O–H groups in total. The Balaban J connectivity index is 2.15. The summed E-state index contributed by atoms with van der Waals surface area (Å²) in [4.78, 5) is 27.0. The van der Waals surface area contributed by atoms with Gasteiger partial charge in [-0.25, -0.2) is 0 Å². The van der Waals surface area contributed by atoms with Crippen molar-refractivity contribution in [1.82, 2.24) is 10.6 Å². The molecule has 2 aromatic rings. The maximum Gasteiger partial charge on any atom is 0.416 e. The second kappa shape index (κ2) is 9.60. The number of halogens is 3. The van der Waals surface area contributed by atoms with Gasteiger partial charge in [0.05, 0.1) is 12.7 Å². The monoisotopic (exact) mass is 449 g/mol. The summed E-state index contributed by atoms with van der Waals surface area (Å²) in [5.41, 5.74) is 0.767. The molecule has 2 amide bonds. The van der Waals surface area contributed by atoms with Gasteiger partial charge in [-0.2, -0.15) is 13.2 Å². The van der Waals surface area contributed by atoms with Crippen LogP contribution in [-0.4, -0.2) is 45.1 Å². The third-order valence-corrected chi connectivity index (χ3v) is 5.56. The van der Waals surface area contributed by atoms with Gasteiger partial charge in [-0.15, -0.1) is 0 Å². The third kappa shape index (κ3) is 5.04. The number of alkyl halides is 3. The topological polar surface area (TPSA) is 70.7 Å². The second-order valence-corrected chi connectivity index (χ2v) is 7.70. The van der Waals surface area contributed by atoms with Gasteiger partial charge in [-0.3, -0.25) is 9.59 Å². The number of rotatable bonds is 6. The summed E-state index contributed by atoms with van der Waals surface area (Å²) in [5, 5.41) is 5.69. The average molecular weight is 449 g/mol. The molecule has 0 spiro atoms. The van der Waals surface area contributed by atoms with Crippen LogP contribution >= 0.6 is 0 Å². The summed E-state index contributed by atoms with van der Waals surface area (Å²) in [6.07, 6.45) is -4.36. The number of hydrogen-bond donors (Lipinski definition) is 2. The van der Waals surface area contributed by atoms with Crippen LogP contribution in [0.25, 0.3) is 0 Å². The standard InChI is InChI=1S/C23H26F3N3O3/c1-14(30)28-21-19(15-4-7-18(32-3)8-5-15)13-16-12-17(23(24,25)26)6-9-20(16)29(22(21)31)11-10-27-2/h4-9,12,19,21,27H,10-11,13H2,1-3H3,(H,28,30)/t19-,21+/m0/s1. The van der Waals surface area contributed by atoms with E-state index in [0.717, 1.165) is 17.7 Å². The van der Waals surface area contributed by atoms with Gasteiger partial charge >= 0.3 is 6.18 Å². The number of carbonyl (C=O) groups is 2. The van der Waals surface area contributed by atoms with E-state index < -0.39 is 29.6 Å². The van der Waals surface area contributed by atoms with E-state index in [2.05, 4.69) is 10.6 Å². The molecule has 6 nitrogen and oxygen atoms in total. The molecule has 3 rings (SSSR count). The van der Waals surface area contributed by atoms with Crippen molar-refractivity contribution in [3.05, 3.63) is 59.2 Å². The van der Waals surface area contributed by atoms with Crippen molar-refractivity contribution >= 4 is 17.5 Å². The van der Waals surface area contributed by atoms with E-state index in [0.29, 0.717) is 23.5 Å². The summed E-state index contributed by atoms with van der Waals surface area (Å²) < 4.78 is 45.5. The van der Waals surface area contributed by atoms with Crippen LogP contribution in [-0.2, 0) is 22.2 Å². The van der Waals surface area contributed by atoms with Gasteiger partial charge in [-0.05, 0) is 54.9 Å². The second-order valence-electron chi connectivity index (χ2n) is 7.70. The number of carbonyl (C=O) groups excluding carboxylic acids is 2. The Hall–Kier alpha value is -3.07. The summed E-state index contributed by atoms with van der Waals surface area (Å²) >= 11 is 0. The van der Waals surface area contributed by atoms with Crippen LogP contribution in [0.2, 0.25) is 0 Å². The SMILES string of the molecule is CNCCN1C(=O)[C@H](NC(C)=O)[C@H](c2ccc(OC)cc2)Cc2cc(C(F)(F)F)ccc21. The normalized spacial score (nSPS) is 18.7. The number of fused-ring (bicyclic) bond motifs is 1. The molecule has 0 aliphatic carbocycles. The number of anilines is 1. The first-order valence-corrected chi connectivity index (χ1v) is 10.2. The van der Waals surface area contributed by atoms with Crippen LogP contribution in [0.1, 0.15) is 29.5 Å². The van der Waals surface area contributed by atoms with Crippen LogP contribution in [0.3, 0.4) is 0 Å². The Labute approximate surface area is 184 Å². The molecule has 0 saturated carbocycles. The largest absolute Gasteiger partial charge is 0.497 e. The summed E-state index contributed by atoms with van der Waals surface area (Å²) in [5.74, 6) is -0.702. The predicted molar refractivity (Wildman–Crippen MR) is 115 cm³/mol. The maximum absolute atomic E-state index is 13.6. The Morgan fingerprint density at radius 1 is 1.19 bits per heavy atom. The van der Waals surface area contributed by atoms with E-state index in [1.807, 2.05) is 0 Å². The zero-order valence-electron chi connectivity index (χ0n) is 18.1. The zero-order valence-corrected chi connectivity index (χ0v) is 18.1. The molecular weight excluding hydrogens is 423 g/mol. The molecule has 1 aliphatic rings. The highest BCUT2D eigenvalue weighted by Gasteiger charge is 2.39. The van der Waals surface area contributed by atoms with E-state index in [1.54, 1.807) is 31.3 Å². The molecule has 0 fully saturated rings. The Bertz CT molecular complexity index is 977. The molecule has 32 heavy (non-hydrogen) atoms. The molecule has 1 aliphatic heterocycles. The van der Waals surface area contributed by atoms with E-state index in [9.17, 15) is 22.8 Å². The van der Waals surface area contributed by atoms with Gasteiger partial charge < -0.3 is 20.3 Å². The van der Waals surface area contributed by atoms with Crippen LogP contribution in [0.15, 0.2) is 42.5 Å². The van der Waals surface area contributed by atoms with Gasteiger partial charge in [0, 0.05) is 31.6 Å². The van der Waals surface area contributed by atoms with Gasteiger partial charge in [0.25, 0.3) is 0 Å². The van der Waals surface area contributed by atoms with Crippen molar-refractivity contribution in [3.8, 4) is 5.75 Å². The summed E-state index contributed by atoms with van der Waals surface area (Å²) in [6, 6.07) is 9.47. The van der Waals surface area contributed by atoms with Crippen molar-refractivity contribution in [2.24, 2.45) is 0 Å². The molecular formula is C23H26F3N3O3. The zero-order chi connectivity index (χ0) is 23.5. The Kier molecular flexibility index (Phi) is 7.08. The molecule has 0 saturated heterocycles. The van der Waals surface area contributed by atoms with Gasteiger partial charge in [-0.1, -0.05) is 12.1 Å². The number of methoxy groups -OCH3 is 1. The van der Waals surface area contributed by atoms with Crippen molar-refractivity contribution in [3.63, 3.8) is 0 Å². The fourth-order valence-electron chi connectivity index (χ4n) is 4.00. The number of amides is 2. The predicted octanol–water partition coefficient (Wildman–Crippen LogP) is 3.11. The fourth-order valence-corrected chi connectivity index (χ4v) is 4.00. The minimum absolute atomic E-state index is 0.151. The first-order chi connectivity index (χ1) is 15.2. The molecule has 172 valence electrons. The van der Waals surface area contributed by atoms with Crippen LogP contribution in [0.5, 0.6) is 5.75 Å². The molecule has 2 aromatic carbocycles. The highest BCUT2D eigenvalue weighted by Crippen LogP contribution is 2.39. The summed E-state index contributed by atoms with van der Waals surface area (Å²) in [6.45, 7) is 2.00. The Morgan fingerprint density at radius 3 is 2.44 bits per heavy atom. The molecule has 2 atom stereocenters. The number of ether oxygens (including phenoxy) is 1. The first kappa shape index (κ1) is 23.6. The van der Waals surface area contributed by atoms with E-state index in [4.69, 9.17) is 4.74 Å². The average Bonchev–Trinajstić information content (AvgIpc) is 2.86. The van der Waals surface area contributed by atoms with Crippen molar-refractivity contribution in [2.45, 2.75) is 31.5 Å². The number of nitrogens with zero attached hydrogens (tertiary/aromatic N) is 1. The van der Waals surface area contributed by atoms with Crippen LogP contribution in [0.4, 0.5) is 18.9 Å². The summed E-state index contributed by atoms with van der Waals surface area (Å²) in [7, 11) is 3.25.